The number of hydrogen-bond acceptors (Lipinski definition) is 12. The van der Waals surface area contributed by atoms with Crippen LogP contribution in [0.5, 0.6) is 0 Å². The Morgan fingerprint density at radius 2 is 0.661 bits per heavy atom. The number of aliphatic imine (C=N–C) groups is 4. The van der Waals surface area contributed by atoms with E-state index in [1.54, 1.807) is 89.1 Å². The lowest BCUT2D eigenvalue weighted by Crippen LogP contribution is -1.86. The second-order valence-corrected chi connectivity index (χ2v) is 10.5. The van der Waals surface area contributed by atoms with Gasteiger partial charge in [-0.05, 0) is 85.6 Å². The molecule has 7 rings (SSSR count). The van der Waals surface area contributed by atoms with E-state index in [-0.39, 0.29) is 14.9 Å². The van der Waals surface area contributed by atoms with Gasteiger partial charge in [-0.3, -0.25) is 49.9 Å². The van der Waals surface area contributed by atoms with Gasteiger partial charge in [0.15, 0.2) is 0 Å². The predicted octanol–water partition coefficient (Wildman–Crippen LogP) is 8.48. The van der Waals surface area contributed by atoms with Crippen LogP contribution in [0, 0.1) is 10.8 Å². The summed E-state index contributed by atoms with van der Waals surface area (Å²) in [5, 5.41) is 13.5. The first-order valence-electron chi connectivity index (χ1n) is 16.9. The molecule has 0 amide bonds. The quantitative estimate of drug-likeness (QED) is 0.155. The average molecular weight is 751 g/mol. The van der Waals surface area contributed by atoms with Crippen molar-refractivity contribution >= 4 is 37.3 Å². The van der Waals surface area contributed by atoms with E-state index in [0.29, 0.717) is 17.4 Å². The minimum atomic E-state index is 0. The molecule has 6 aromatic heterocycles. The molecule has 290 valence electrons. The van der Waals surface area contributed by atoms with E-state index in [2.05, 4.69) is 49.9 Å². The summed E-state index contributed by atoms with van der Waals surface area (Å²) < 4.78 is 0. The summed E-state index contributed by atoms with van der Waals surface area (Å²) in [5.74, 6) is 0. The van der Waals surface area contributed by atoms with E-state index in [1.807, 2.05) is 103 Å². The van der Waals surface area contributed by atoms with Crippen LogP contribution in [0.4, 0.5) is 0 Å². The number of nitrogens with one attached hydrogen (secondary N) is 2. The molecule has 1 aliphatic rings. The SMILES string of the molecule is C.C.C(=NC1CC1)c1ccccn1.CN=Cc1ccccn1.CN=Cc1ccccn1.CN=Cc1ccccn1.N=Cc1ccccn1.N=Cc1ccccn1. The first-order chi connectivity index (χ1) is 26.6. The maximum Gasteiger partial charge on any atom is 0.0807 e. The van der Waals surface area contributed by atoms with Gasteiger partial charge in [-0.15, -0.1) is 0 Å². The number of nitrogens with zero attached hydrogens (tertiary/aromatic N) is 10. The molecule has 1 saturated carbocycles. The topological polar surface area (TPSA) is 174 Å². The van der Waals surface area contributed by atoms with Crippen LogP contribution in [0.1, 0.15) is 61.9 Å². The van der Waals surface area contributed by atoms with Crippen LogP contribution < -0.4 is 0 Å². The molecule has 56 heavy (non-hydrogen) atoms. The third-order valence-corrected chi connectivity index (χ3v) is 6.17. The molecule has 0 atom stereocenters. The Balaban J connectivity index is 0.000000646. The predicted molar refractivity (Wildman–Crippen MR) is 236 cm³/mol. The summed E-state index contributed by atoms with van der Waals surface area (Å²) in [4.78, 5) is 39.7. The van der Waals surface area contributed by atoms with E-state index >= 15 is 0 Å². The highest BCUT2D eigenvalue weighted by Crippen LogP contribution is 2.22. The molecule has 0 aromatic carbocycles. The van der Waals surface area contributed by atoms with Crippen LogP contribution in [-0.2, 0) is 0 Å². The van der Waals surface area contributed by atoms with Crippen molar-refractivity contribution in [2.45, 2.75) is 33.7 Å². The molecule has 1 aliphatic carbocycles. The summed E-state index contributed by atoms with van der Waals surface area (Å²) in [6, 6.07) is 34.6. The van der Waals surface area contributed by atoms with E-state index in [4.69, 9.17) is 10.8 Å². The molecule has 6 aromatic rings. The van der Waals surface area contributed by atoms with Crippen LogP contribution in [-0.4, -0.2) is 94.4 Å². The molecular formula is C44H54N12. The maximum absolute atomic E-state index is 6.76. The lowest BCUT2D eigenvalue weighted by atomic mass is 10.4. The largest absolute Gasteiger partial charge is 0.307 e. The zero-order chi connectivity index (χ0) is 38.7. The molecule has 12 heteroatoms. The minimum absolute atomic E-state index is 0. The number of pyridine rings is 6. The van der Waals surface area contributed by atoms with Gasteiger partial charge in [-0.2, -0.15) is 0 Å². The Hall–Kier alpha value is -7.08. The molecule has 0 bridgehead atoms. The Morgan fingerprint density at radius 3 is 0.839 bits per heavy atom. The first kappa shape index (κ1) is 48.9. The standard InChI is InChI=1S/C9H10N2.3C7H8N2.2C6H6N2.2CH4/c1-2-6-10-9(3-1)7-11-8-4-5-8;3*1-8-6-7-4-2-3-5-9-7;2*7-5-6-3-1-2-4-8-6;;/h1-3,6-8H,4-5H2;3*2-6H,1H3;2*1-5,7H;2*1H4. The van der Waals surface area contributed by atoms with Gasteiger partial charge < -0.3 is 10.8 Å². The molecule has 1 fully saturated rings. The van der Waals surface area contributed by atoms with E-state index < -0.39 is 0 Å². The molecule has 6 heterocycles. The van der Waals surface area contributed by atoms with Crippen LogP contribution in [0.15, 0.2) is 166 Å². The highest BCUT2D eigenvalue weighted by molar-refractivity contribution is 5.78. The average Bonchev–Trinajstić information content (AvgIpc) is 4.09. The molecule has 0 spiro atoms. The van der Waals surface area contributed by atoms with Gasteiger partial charge in [0.1, 0.15) is 0 Å². The van der Waals surface area contributed by atoms with Gasteiger partial charge >= 0.3 is 0 Å². The van der Waals surface area contributed by atoms with E-state index in [9.17, 15) is 0 Å². The zero-order valence-corrected chi connectivity index (χ0v) is 30.8. The van der Waals surface area contributed by atoms with Crippen molar-refractivity contribution in [1.29, 1.82) is 10.8 Å². The number of hydrogen-bond donors (Lipinski definition) is 2. The Labute approximate surface area is 332 Å². The zero-order valence-electron chi connectivity index (χ0n) is 30.8. The first-order valence-corrected chi connectivity index (χ1v) is 16.9. The summed E-state index contributed by atoms with van der Waals surface area (Å²) in [7, 11) is 5.19. The van der Waals surface area contributed by atoms with Crippen molar-refractivity contribution in [3.63, 3.8) is 0 Å². The van der Waals surface area contributed by atoms with Crippen LogP contribution in [0.3, 0.4) is 0 Å². The van der Waals surface area contributed by atoms with Crippen molar-refractivity contribution in [2.24, 2.45) is 20.0 Å². The van der Waals surface area contributed by atoms with E-state index in [1.165, 1.54) is 25.3 Å². The lowest BCUT2D eigenvalue weighted by molar-refractivity contribution is 1.07. The third kappa shape index (κ3) is 25.8. The Bertz CT molecular complexity index is 1750. The number of aromatic nitrogens is 6. The molecule has 12 nitrogen and oxygen atoms in total. The molecule has 0 unspecified atom stereocenters. The summed E-state index contributed by atoms with van der Waals surface area (Å²) in [6.45, 7) is 0. The van der Waals surface area contributed by atoms with Crippen molar-refractivity contribution < 1.29 is 0 Å². The summed E-state index contributed by atoms with van der Waals surface area (Å²) in [6.07, 6.45) is 22.3. The van der Waals surface area contributed by atoms with Crippen LogP contribution in [0.25, 0.3) is 0 Å². The maximum atomic E-state index is 6.76. The molecule has 2 N–H and O–H groups in total. The molecular weight excluding hydrogens is 697 g/mol. The molecule has 0 saturated heterocycles. The molecule has 0 radical (unpaired) electrons. The van der Waals surface area contributed by atoms with E-state index in [0.717, 1.165) is 22.8 Å². The van der Waals surface area contributed by atoms with Gasteiger partial charge in [-0.25, -0.2) is 0 Å². The second-order valence-electron chi connectivity index (χ2n) is 10.5. The Kier molecular flexibility index (Phi) is 29.5. The monoisotopic (exact) mass is 750 g/mol. The van der Waals surface area contributed by atoms with Crippen molar-refractivity contribution in [1.82, 2.24) is 29.9 Å². The molecule has 0 aliphatic heterocycles. The van der Waals surface area contributed by atoms with Crippen molar-refractivity contribution in [2.75, 3.05) is 21.1 Å². The normalized spacial score (nSPS) is 10.8. The van der Waals surface area contributed by atoms with Gasteiger partial charge in [0.2, 0.25) is 0 Å². The summed E-state index contributed by atoms with van der Waals surface area (Å²) in [5.41, 5.74) is 5.07. The van der Waals surface area contributed by atoms with Gasteiger partial charge in [0.25, 0.3) is 0 Å². The van der Waals surface area contributed by atoms with Crippen LogP contribution >= 0.6 is 0 Å². The fourth-order valence-electron chi connectivity index (χ4n) is 3.53. The van der Waals surface area contributed by atoms with Crippen molar-refractivity contribution in [3.8, 4) is 0 Å². The lowest BCUT2D eigenvalue weighted by Gasteiger charge is -1.88. The van der Waals surface area contributed by atoms with Crippen molar-refractivity contribution in [3.05, 3.63) is 181 Å². The Morgan fingerprint density at radius 1 is 0.411 bits per heavy atom. The smallest absolute Gasteiger partial charge is 0.0807 e. The van der Waals surface area contributed by atoms with Crippen LogP contribution in [0.2, 0.25) is 0 Å². The highest BCUT2D eigenvalue weighted by Gasteiger charge is 2.18. The highest BCUT2D eigenvalue weighted by atomic mass is 14.8. The fourth-order valence-corrected chi connectivity index (χ4v) is 3.53. The third-order valence-electron chi connectivity index (χ3n) is 6.17. The minimum Gasteiger partial charge on any atom is -0.307 e. The second kappa shape index (κ2) is 33.7. The van der Waals surface area contributed by atoms with Gasteiger partial charge in [0, 0.05) is 95.6 Å². The summed E-state index contributed by atoms with van der Waals surface area (Å²) >= 11 is 0. The fraction of sp³-hybridized carbons (Fsp3) is 0.182. The number of rotatable bonds is 7. The van der Waals surface area contributed by atoms with Gasteiger partial charge in [-0.1, -0.05) is 51.3 Å². The van der Waals surface area contributed by atoms with Gasteiger partial charge in [0.05, 0.1) is 40.2 Å².